The number of hydrogen-bond acceptors (Lipinski definition) is 2. The van der Waals surface area contributed by atoms with Gasteiger partial charge in [0.15, 0.2) is 0 Å². The first-order valence-corrected chi connectivity index (χ1v) is 12.8. The highest BCUT2D eigenvalue weighted by molar-refractivity contribution is 5.84. The van der Waals surface area contributed by atoms with Crippen LogP contribution in [0.2, 0.25) is 0 Å². The van der Waals surface area contributed by atoms with Gasteiger partial charge in [-0.15, -0.1) is 0 Å². The molecule has 2 heterocycles. The topological polar surface area (TPSA) is 35.6 Å². The van der Waals surface area contributed by atoms with Crippen molar-refractivity contribution in [1.29, 1.82) is 0 Å². The van der Waals surface area contributed by atoms with E-state index < -0.39 is 0 Å². The number of aryl methyl sites for hydroxylation is 2. The number of rotatable bonds is 3. The molecule has 4 nitrogen and oxygen atoms in total. The molecular weight excluding hydrogens is 464 g/mol. The van der Waals surface area contributed by atoms with Crippen molar-refractivity contribution in [2.24, 2.45) is 7.05 Å². The van der Waals surface area contributed by atoms with Crippen LogP contribution in [0.15, 0.2) is 133 Å². The first-order chi connectivity index (χ1) is 18.7. The van der Waals surface area contributed by atoms with Gasteiger partial charge in [0.2, 0.25) is 0 Å². The molecule has 7 aromatic rings. The number of imidazole rings is 2. The SMILES string of the molecule is Cc1ccc2c(c1)nc(-c1ccccc1)n2-c1ccccc1.Cn1c(-c2ccccc2)nc2ccccc21. The molecule has 5 aromatic carbocycles. The fourth-order valence-electron chi connectivity index (χ4n) is 4.80. The highest BCUT2D eigenvalue weighted by Gasteiger charge is 2.14. The quantitative estimate of drug-likeness (QED) is 0.249. The Kier molecular flexibility index (Phi) is 6.29. The van der Waals surface area contributed by atoms with Crippen molar-refractivity contribution in [3.8, 4) is 28.5 Å². The Morgan fingerprint density at radius 2 is 1.05 bits per heavy atom. The minimum atomic E-state index is 0.979. The van der Waals surface area contributed by atoms with Crippen LogP contribution in [0.4, 0.5) is 0 Å². The predicted octanol–water partition coefficient (Wildman–Crippen LogP) is 8.24. The second-order valence-corrected chi connectivity index (χ2v) is 9.31. The summed E-state index contributed by atoms with van der Waals surface area (Å²) in [6, 6.07) is 45.6. The molecule has 2 aromatic heterocycles. The number of hydrogen-bond donors (Lipinski definition) is 0. The van der Waals surface area contributed by atoms with E-state index in [-0.39, 0.29) is 0 Å². The predicted molar refractivity (Wildman–Crippen MR) is 157 cm³/mol. The lowest BCUT2D eigenvalue weighted by Crippen LogP contribution is -1.97. The van der Waals surface area contributed by atoms with Gasteiger partial charge in [-0.25, -0.2) is 9.97 Å². The summed E-state index contributed by atoms with van der Waals surface area (Å²) >= 11 is 0. The Balaban J connectivity index is 0.000000146. The maximum Gasteiger partial charge on any atom is 0.145 e. The summed E-state index contributed by atoms with van der Waals surface area (Å²) in [6.07, 6.45) is 0. The second kappa shape index (κ2) is 10.2. The van der Waals surface area contributed by atoms with Crippen LogP contribution in [-0.2, 0) is 7.05 Å². The minimum absolute atomic E-state index is 0.979. The van der Waals surface area contributed by atoms with E-state index in [1.165, 1.54) is 11.1 Å². The molecule has 0 aliphatic rings. The summed E-state index contributed by atoms with van der Waals surface area (Å²) in [6.45, 7) is 2.10. The maximum absolute atomic E-state index is 4.88. The van der Waals surface area contributed by atoms with Crippen molar-refractivity contribution in [3.05, 3.63) is 139 Å². The van der Waals surface area contributed by atoms with Gasteiger partial charge in [-0.3, -0.25) is 4.57 Å². The van der Waals surface area contributed by atoms with Gasteiger partial charge in [-0.1, -0.05) is 97.1 Å². The number of para-hydroxylation sites is 3. The molecule has 7 rings (SSSR count). The van der Waals surface area contributed by atoms with Crippen LogP contribution in [0.5, 0.6) is 0 Å². The fraction of sp³-hybridized carbons (Fsp3) is 0.0588. The van der Waals surface area contributed by atoms with E-state index in [9.17, 15) is 0 Å². The number of fused-ring (bicyclic) bond motifs is 2. The third-order valence-electron chi connectivity index (χ3n) is 6.68. The van der Waals surface area contributed by atoms with E-state index in [1.54, 1.807) is 0 Å². The van der Waals surface area contributed by atoms with Gasteiger partial charge in [0.25, 0.3) is 0 Å². The van der Waals surface area contributed by atoms with Crippen LogP contribution in [0.3, 0.4) is 0 Å². The van der Waals surface area contributed by atoms with Crippen LogP contribution in [0, 0.1) is 6.92 Å². The van der Waals surface area contributed by atoms with Crippen molar-refractivity contribution in [2.75, 3.05) is 0 Å². The van der Waals surface area contributed by atoms with Crippen LogP contribution < -0.4 is 0 Å². The summed E-state index contributed by atoms with van der Waals surface area (Å²) in [5.74, 6) is 1.99. The number of benzene rings is 5. The molecule has 38 heavy (non-hydrogen) atoms. The first kappa shape index (κ1) is 23.4. The molecule has 0 fully saturated rings. The van der Waals surface area contributed by atoms with Gasteiger partial charge in [0, 0.05) is 23.9 Å². The molecule has 0 spiro atoms. The van der Waals surface area contributed by atoms with Gasteiger partial charge in [0.05, 0.1) is 22.1 Å². The van der Waals surface area contributed by atoms with Crippen molar-refractivity contribution < 1.29 is 0 Å². The van der Waals surface area contributed by atoms with E-state index in [0.717, 1.165) is 45.0 Å². The number of aromatic nitrogens is 4. The van der Waals surface area contributed by atoms with Crippen LogP contribution in [-0.4, -0.2) is 19.1 Å². The highest BCUT2D eigenvalue weighted by Crippen LogP contribution is 2.29. The Hall–Kier alpha value is -4.96. The first-order valence-electron chi connectivity index (χ1n) is 12.8. The van der Waals surface area contributed by atoms with Gasteiger partial charge in [0.1, 0.15) is 11.6 Å². The third-order valence-corrected chi connectivity index (χ3v) is 6.68. The fourth-order valence-corrected chi connectivity index (χ4v) is 4.80. The molecule has 0 atom stereocenters. The van der Waals surface area contributed by atoms with Crippen molar-refractivity contribution in [3.63, 3.8) is 0 Å². The minimum Gasteiger partial charge on any atom is -0.327 e. The number of nitrogens with zero attached hydrogens (tertiary/aromatic N) is 4. The van der Waals surface area contributed by atoms with E-state index in [4.69, 9.17) is 4.98 Å². The smallest absolute Gasteiger partial charge is 0.145 e. The molecule has 0 radical (unpaired) electrons. The molecule has 0 unspecified atom stereocenters. The lowest BCUT2D eigenvalue weighted by atomic mass is 10.2. The van der Waals surface area contributed by atoms with E-state index in [2.05, 4.69) is 113 Å². The summed E-state index contributed by atoms with van der Waals surface area (Å²) in [5, 5.41) is 0. The van der Waals surface area contributed by atoms with Gasteiger partial charge in [-0.05, 0) is 48.9 Å². The van der Waals surface area contributed by atoms with E-state index in [1.807, 2.05) is 48.5 Å². The van der Waals surface area contributed by atoms with Crippen molar-refractivity contribution in [1.82, 2.24) is 19.1 Å². The third kappa shape index (κ3) is 4.48. The van der Waals surface area contributed by atoms with E-state index in [0.29, 0.717) is 0 Å². The molecule has 0 bridgehead atoms. The van der Waals surface area contributed by atoms with Gasteiger partial charge in [-0.2, -0.15) is 0 Å². The molecule has 4 heteroatoms. The lowest BCUT2D eigenvalue weighted by Gasteiger charge is -2.09. The lowest BCUT2D eigenvalue weighted by molar-refractivity contribution is 0.959. The molecule has 184 valence electrons. The second-order valence-electron chi connectivity index (χ2n) is 9.31. The Morgan fingerprint density at radius 3 is 1.71 bits per heavy atom. The Bertz CT molecular complexity index is 1820. The molecule has 0 saturated heterocycles. The normalized spacial score (nSPS) is 10.9. The Labute approximate surface area is 222 Å². The molecule has 0 aliphatic heterocycles. The monoisotopic (exact) mass is 492 g/mol. The molecule has 0 saturated carbocycles. The van der Waals surface area contributed by atoms with E-state index >= 15 is 0 Å². The maximum atomic E-state index is 4.88. The summed E-state index contributed by atoms with van der Waals surface area (Å²) < 4.78 is 4.36. The van der Waals surface area contributed by atoms with Crippen molar-refractivity contribution in [2.45, 2.75) is 6.92 Å². The zero-order valence-corrected chi connectivity index (χ0v) is 21.5. The Morgan fingerprint density at radius 1 is 0.500 bits per heavy atom. The van der Waals surface area contributed by atoms with Gasteiger partial charge < -0.3 is 4.57 Å². The van der Waals surface area contributed by atoms with Gasteiger partial charge >= 0.3 is 0 Å². The molecule has 0 N–H and O–H groups in total. The summed E-state index contributed by atoms with van der Waals surface area (Å²) in [5.41, 5.74) is 9.02. The van der Waals surface area contributed by atoms with Crippen LogP contribution >= 0.6 is 0 Å². The standard InChI is InChI=1S/C20H16N2.C14H12N2/c1-15-12-13-19-18(14-15)21-20(16-8-4-2-5-9-16)22(19)17-10-6-3-7-11-17;1-16-13-10-6-5-9-12(13)15-14(16)11-7-3-2-4-8-11/h2-14H,1H3;2-10H,1H3. The summed E-state index contributed by atoms with van der Waals surface area (Å²) in [4.78, 5) is 9.53. The molecule has 0 aliphatic carbocycles. The van der Waals surface area contributed by atoms with Crippen molar-refractivity contribution >= 4 is 22.1 Å². The average molecular weight is 493 g/mol. The molecule has 0 amide bonds. The molecular formula is C34H28N4. The largest absolute Gasteiger partial charge is 0.327 e. The van der Waals surface area contributed by atoms with Crippen LogP contribution in [0.25, 0.3) is 50.5 Å². The average Bonchev–Trinajstić information content (AvgIpc) is 3.52. The zero-order chi connectivity index (χ0) is 25.9. The zero-order valence-electron chi connectivity index (χ0n) is 21.5. The highest BCUT2D eigenvalue weighted by atomic mass is 15.1. The summed E-state index contributed by atoms with van der Waals surface area (Å²) in [7, 11) is 2.05. The van der Waals surface area contributed by atoms with Crippen LogP contribution in [0.1, 0.15) is 5.56 Å².